The van der Waals surface area contributed by atoms with Crippen LogP contribution in [0.15, 0.2) is 0 Å². The first-order valence-electron chi connectivity index (χ1n) is 7.16. The van der Waals surface area contributed by atoms with Crippen molar-refractivity contribution in [2.24, 2.45) is 5.92 Å². The van der Waals surface area contributed by atoms with E-state index in [1.54, 1.807) is 0 Å². The quantitative estimate of drug-likeness (QED) is 0.773. The Balaban J connectivity index is 2.18. The van der Waals surface area contributed by atoms with E-state index in [2.05, 4.69) is 26.1 Å². The zero-order chi connectivity index (χ0) is 12.7. The number of piperidine rings is 1. The molecule has 1 atom stereocenters. The highest BCUT2D eigenvalue weighted by atomic mass is 16.2. The largest absolute Gasteiger partial charge is 0.343 e. The number of rotatable bonds is 6. The van der Waals surface area contributed by atoms with E-state index >= 15 is 0 Å². The van der Waals surface area contributed by atoms with E-state index in [1.807, 2.05) is 4.90 Å². The lowest BCUT2D eigenvalue weighted by Crippen LogP contribution is -2.39. The third kappa shape index (κ3) is 5.07. The van der Waals surface area contributed by atoms with Gasteiger partial charge in [0.25, 0.3) is 0 Å². The minimum absolute atomic E-state index is 0.329. The average Bonchev–Trinajstić information content (AvgIpc) is 2.35. The highest BCUT2D eigenvalue weighted by molar-refractivity contribution is 5.76. The first-order chi connectivity index (χ1) is 8.15. The summed E-state index contributed by atoms with van der Waals surface area (Å²) in [4.78, 5) is 14.0. The van der Waals surface area contributed by atoms with Crippen molar-refractivity contribution in [1.29, 1.82) is 0 Å². The van der Waals surface area contributed by atoms with Gasteiger partial charge in [-0.25, -0.2) is 0 Å². The molecular formula is C14H28N2O. The van der Waals surface area contributed by atoms with Gasteiger partial charge in [0, 0.05) is 32.1 Å². The molecule has 0 aromatic rings. The van der Waals surface area contributed by atoms with E-state index in [9.17, 15) is 4.79 Å². The molecule has 0 aromatic carbocycles. The molecular weight excluding hydrogens is 212 g/mol. The Labute approximate surface area is 106 Å². The van der Waals surface area contributed by atoms with E-state index in [0.29, 0.717) is 24.3 Å². The molecule has 1 fully saturated rings. The zero-order valence-corrected chi connectivity index (χ0v) is 11.7. The van der Waals surface area contributed by atoms with Crippen molar-refractivity contribution < 1.29 is 4.79 Å². The second-order valence-corrected chi connectivity index (χ2v) is 5.40. The number of likely N-dealkylation sites (tertiary alicyclic amines) is 1. The monoisotopic (exact) mass is 240 g/mol. The molecule has 0 aromatic heterocycles. The molecule has 1 heterocycles. The van der Waals surface area contributed by atoms with Crippen LogP contribution in [0, 0.1) is 5.92 Å². The van der Waals surface area contributed by atoms with E-state index in [4.69, 9.17) is 0 Å². The maximum Gasteiger partial charge on any atom is 0.223 e. The van der Waals surface area contributed by atoms with Crippen molar-refractivity contribution in [2.75, 3.05) is 19.6 Å². The Morgan fingerprint density at radius 2 is 1.88 bits per heavy atom. The van der Waals surface area contributed by atoms with Crippen LogP contribution in [-0.4, -0.2) is 36.5 Å². The zero-order valence-electron chi connectivity index (χ0n) is 11.7. The number of nitrogens with one attached hydrogen (secondary N) is 1. The summed E-state index contributed by atoms with van der Waals surface area (Å²) in [6, 6.07) is 0.546. The van der Waals surface area contributed by atoms with Crippen molar-refractivity contribution in [2.45, 2.75) is 58.9 Å². The van der Waals surface area contributed by atoms with Crippen LogP contribution in [0.1, 0.15) is 52.9 Å². The molecule has 1 amide bonds. The van der Waals surface area contributed by atoms with Gasteiger partial charge in [0.05, 0.1) is 0 Å². The van der Waals surface area contributed by atoms with E-state index in [0.717, 1.165) is 26.1 Å². The van der Waals surface area contributed by atoms with Gasteiger partial charge in [0.2, 0.25) is 5.91 Å². The van der Waals surface area contributed by atoms with Gasteiger partial charge >= 0.3 is 0 Å². The highest BCUT2D eigenvalue weighted by Gasteiger charge is 2.16. The lowest BCUT2D eigenvalue weighted by molar-refractivity contribution is -0.132. The van der Waals surface area contributed by atoms with Gasteiger partial charge in [-0.2, -0.15) is 0 Å². The molecule has 1 saturated heterocycles. The summed E-state index contributed by atoms with van der Waals surface area (Å²) in [6.45, 7) is 9.43. The van der Waals surface area contributed by atoms with Gasteiger partial charge in [0.15, 0.2) is 0 Å². The first-order valence-corrected chi connectivity index (χ1v) is 7.16. The van der Waals surface area contributed by atoms with Crippen LogP contribution in [0.3, 0.4) is 0 Å². The Kier molecular flexibility index (Phi) is 6.56. The molecule has 3 nitrogen and oxygen atoms in total. The van der Waals surface area contributed by atoms with Crippen LogP contribution in [0.4, 0.5) is 0 Å². The summed E-state index contributed by atoms with van der Waals surface area (Å²) in [7, 11) is 0. The van der Waals surface area contributed by atoms with Crippen LogP contribution >= 0.6 is 0 Å². The van der Waals surface area contributed by atoms with Gasteiger partial charge in [0.1, 0.15) is 0 Å². The van der Waals surface area contributed by atoms with Crippen molar-refractivity contribution in [3.8, 4) is 0 Å². The summed E-state index contributed by atoms with van der Waals surface area (Å²) in [5, 5.41) is 3.49. The van der Waals surface area contributed by atoms with Gasteiger partial charge < -0.3 is 10.2 Å². The molecule has 1 aliphatic rings. The maximum absolute atomic E-state index is 11.9. The van der Waals surface area contributed by atoms with Crippen molar-refractivity contribution >= 4 is 5.91 Å². The van der Waals surface area contributed by atoms with E-state index < -0.39 is 0 Å². The molecule has 1 aliphatic heterocycles. The van der Waals surface area contributed by atoms with Crippen molar-refractivity contribution in [3.05, 3.63) is 0 Å². The minimum Gasteiger partial charge on any atom is -0.343 e. The normalized spacial score (nSPS) is 18.5. The molecule has 0 saturated carbocycles. The SMILES string of the molecule is CCC(NCCC(=O)N1CCCCC1)C(C)C. The second kappa shape index (κ2) is 7.70. The Bertz CT molecular complexity index is 222. The Morgan fingerprint density at radius 1 is 1.24 bits per heavy atom. The average molecular weight is 240 g/mol. The van der Waals surface area contributed by atoms with Crippen LogP contribution < -0.4 is 5.32 Å². The first kappa shape index (κ1) is 14.5. The molecule has 0 aliphatic carbocycles. The summed E-state index contributed by atoms with van der Waals surface area (Å²) in [5.74, 6) is 0.973. The molecule has 1 unspecified atom stereocenters. The van der Waals surface area contributed by atoms with Crippen LogP contribution in [0.25, 0.3) is 0 Å². The van der Waals surface area contributed by atoms with Crippen LogP contribution in [0.2, 0.25) is 0 Å². The number of hydrogen-bond donors (Lipinski definition) is 1. The number of carbonyl (C=O) groups excluding carboxylic acids is 1. The smallest absolute Gasteiger partial charge is 0.223 e. The molecule has 0 radical (unpaired) electrons. The molecule has 0 bridgehead atoms. The number of carbonyl (C=O) groups is 1. The second-order valence-electron chi connectivity index (χ2n) is 5.40. The Morgan fingerprint density at radius 3 is 2.41 bits per heavy atom. The van der Waals surface area contributed by atoms with E-state index in [-0.39, 0.29) is 0 Å². The fourth-order valence-corrected chi connectivity index (χ4v) is 2.52. The van der Waals surface area contributed by atoms with Crippen molar-refractivity contribution in [3.63, 3.8) is 0 Å². The molecule has 1 rings (SSSR count). The van der Waals surface area contributed by atoms with Gasteiger partial charge in [-0.1, -0.05) is 20.8 Å². The predicted molar refractivity (Wildman–Crippen MR) is 72.0 cm³/mol. The summed E-state index contributed by atoms with van der Waals surface area (Å²) >= 11 is 0. The van der Waals surface area contributed by atoms with Gasteiger partial charge in [-0.3, -0.25) is 4.79 Å². The van der Waals surface area contributed by atoms with Gasteiger partial charge in [-0.15, -0.1) is 0 Å². The standard InChI is InChI=1S/C14H28N2O/c1-4-13(12(2)3)15-9-8-14(17)16-10-6-5-7-11-16/h12-13,15H,4-11H2,1-3H3. The predicted octanol–water partition coefficient (Wildman–Crippen LogP) is 2.41. The number of hydrogen-bond acceptors (Lipinski definition) is 2. The minimum atomic E-state index is 0.329. The third-order valence-corrected chi connectivity index (χ3v) is 3.70. The summed E-state index contributed by atoms with van der Waals surface area (Å²) < 4.78 is 0. The molecule has 17 heavy (non-hydrogen) atoms. The van der Waals surface area contributed by atoms with Gasteiger partial charge in [-0.05, 0) is 31.6 Å². The lowest BCUT2D eigenvalue weighted by Gasteiger charge is -2.27. The molecule has 0 spiro atoms. The molecule has 100 valence electrons. The Hall–Kier alpha value is -0.570. The fourth-order valence-electron chi connectivity index (χ4n) is 2.52. The highest BCUT2D eigenvalue weighted by Crippen LogP contribution is 2.10. The van der Waals surface area contributed by atoms with Crippen LogP contribution in [0.5, 0.6) is 0 Å². The molecule has 1 N–H and O–H groups in total. The third-order valence-electron chi connectivity index (χ3n) is 3.70. The number of nitrogens with zero attached hydrogens (tertiary/aromatic N) is 1. The van der Waals surface area contributed by atoms with Crippen LogP contribution in [-0.2, 0) is 4.79 Å². The maximum atomic E-state index is 11.9. The van der Waals surface area contributed by atoms with Crippen molar-refractivity contribution in [1.82, 2.24) is 10.2 Å². The summed E-state index contributed by atoms with van der Waals surface area (Å²) in [5.41, 5.74) is 0. The fraction of sp³-hybridized carbons (Fsp3) is 0.929. The molecule has 3 heteroatoms. The summed E-state index contributed by atoms with van der Waals surface area (Å²) in [6.07, 6.45) is 5.44. The van der Waals surface area contributed by atoms with E-state index in [1.165, 1.54) is 19.3 Å². The topological polar surface area (TPSA) is 32.3 Å². The lowest BCUT2D eigenvalue weighted by atomic mass is 10.0. The number of amides is 1.